The summed E-state index contributed by atoms with van der Waals surface area (Å²) in [6.07, 6.45) is 2.00. The van der Waals surface area contributed by atoms with E-state index >= 15 is 0 Å². The molecule has 0 bridgehead atoms. The van der Waals surface area contributed by atoms with Crippen molar-refractivity contribution >= 4 is 23.6 Å². The van der Waals surface area contributed by atoms with Gasteiger partial charge in [0.05, 0.1) is 23.7 Å². The van der Waals surface area contributed by atoms with Gasteiger partial charge < -0.3 is 0 Å². The molecule has 1 aliphatic carbocycles. The Hall–Kier alpha value is -1.72. The topological polar surface area (TPSA) is 74.8 Å². The Bertz CT molecular complexity index is 568. The summed E-state index contributed by atoms with van der Waals surface area (Å²) in [5.74, 6) is -1.87. The highest BCUT2D eigenvalue weighted by atomic mass is 16.2. The van der Waals surface area contributed by atoms with Gasteiger partial charge in [0.2, 0.25) is 23.6 Å². The van der Waals surface area contributed by atoms with Gasteiger partial charge >= 0.3 is 0 Å². The first-order valence-electron chi connectivity index (χ1n) is 9.61. The van der Waals surface area contributed by atoms with Crippen molar-refractivity contribution in [2.24, 2.45) is 23.7 Å². The van der Waals surface area contributed by atoms with E-state index in [1.54, 1.807) is 0 Å². The van der Waals surface area contributed by atoms with Gasteiger partial charge in [0.15, 0.2) is 0 Å². The number of rotatable bonds is 0. The van der Waals surface area contributed by atoms with Crippen molar-refractivity contribution in [1.29, 1.82) is 0 Å². The Morgan fingerprint density at radius 3 is 0.885 bits per heavy atom. The minimum Gasteiger partial charge on any atom is -0.277 e. The van der Waals surface area contributed by atoms with Crippen LogP contribution in [-0.2, 0) is 19.2 Å². The fraction of sp³-hybridized carbons (Fsp3) is 0.800. The zero-order chi connectivity index (χ0) is 19.6. The number of imide groups is 2. The molecule has 26 heavy (non-hydrogen) atoms. The standard InChI is InChI=1S/C20H30N2O4/c1-19(2,3)21-15(23)11-7-9-13-14(10-8-12(11)16(21)24)18(26)22(17(13)25)20(4,5)6/h11-14H,7-10H2,1-6H3. The fourth-order valence-corrected chi connectivity index (χ4v) is 4.91. The molecular weight excluding hydrogens is 332 g/mol. The molecule has 2 heterocycles. The van der Waals surface area contributed by atoms with Crippen LogP contribution < -0.4 is 0 Å². The fourth-order valence-electron chi connectivity index (χ4n) is 4.91. The highest BCUT2D eigenvalue weighted by Gasteiger charge is 2.56. The average molecular weight is 362 g/mol. The van der Waals surface area contributed by atoms with Crippen LogP contribution in [0.25, 0.3) is 0 Å². The minimum absolute atomic E-state index is 0.115. The maximum atomic E-state index is 12.9. The molecule has 2 saturated heterocycles. The molecule has 0 spiro atoms. The maximum absolute atomic E-state index is 12.9. The van der Waals surface area contributed by atoms with Gasteiger partial charge in [-0.3, -0.25) is 29.0 Å². The molecule has 0 N–H and O–H groups in total. The quantitative estimate of drug-likeness (QED) is 0.620. The number of likely N-dealkylation sites (tertiary alicyclic amines) is 2. The van der Waals surface area contributed by atoms with Gasteiger partial charge in [-0.1, -0.05) is 0 Å². The number of carbonyl (C=O) groups excluding carboxylic acids is 4. The molecule has 0 aromatic carbocycles. The van der Waals surface area contributed by atoms with Crippen LogP contribution >= 0.6 is 0 Å². The Balaban J connectivity index is 1.87. The molecule has 4 unspecified atom stereocenters. The van der Waals surface area contributed by atoms with Crippen molar-refractivity contribution in [2.45, 2.75) is 78.3 Å². The Morgan fingerprint density at radius 1 is 0.538 bits per heavy atom. The smallest absolute Gasteiger partial charge is 0.233 e. The van der Waals surface area contributed by atoms with Gasteiger partial charge in [-0.2, -0.15) is 0 Å². The van der Waals surface area contributed by atoms with E-state index in [9.17, 15) is 19.2 Å². The SMILES string of the molecule is CC(C)(C)N1C(=O)C2CCC3C(=O)N(C(C)(C)C)C(=O)C3CCC2C1=O. The Labute approximate surface area is 155 Å². The largest absolute Gasteiger partial charge is 0.277 e. The lowest BCUT2D eigenvalue weighted by Crippen LogP contribution is -2.46. The third-order valence-corrected chi connectivity index (χ3v) is 6.04. The van der Waals surface area contributed by atoms with E-state index in [-0.39, 0.29) is 47.3 Å². The molecular formula is C20H30N2O4. The van der Waals surface area contributed by atoms with Crippen LogP contribution in [0.1, 0.15) is 67.2 Å². The summed E-state index contributed by atoms with van der Waals surface area (Å²) in [7, 11) is 0. The first-order valence-corrected chi connectivity index (χ1v) is 9.61. The van der Waals surface area contributed by atoms with E-state index in [1.165, 1.54) is 9.80 Å². The molecule has 4 atom stereocenters. The van der Waals surface area contributed by atoms with Crippen molar-refractivity contribution in [3.05, 3.63) is 0 Å². The molecule has 0 aromatic rings. The van der Waals surface area contributed by atoms with Crippen LogP contribution in [0.5, 0.6) is 0 Å². The number of fused-ring (bicyclic) bond motifs is 2. The molecule has 1 saturated carbocycles. The first kappa shape index (κ1) is 19.1. The molecule has 6 nitrogen and oxygen atoms in total. The predicted molar refractivity (Wildman–Crippen MR) is 95.6 cm³/mol. The number of hydrogen-bond donors (Lipinski definition) is 0. The molecule has 3 aliphatic rings. The molecule has 144 valence electrons. The van der Waals surface area contributed by atoms with Crippen LogP contribution in [0, 0.1) is 23.7 Å². The molecule has 0 aromatic heterocycles. The van der Waals surface area contributed by atoms with Gasteiger partial charge in [0.25, 0.3) is 0 Å². The zero-order valence-corrected chi connectivity index (χ0v) is 16.7. The number of hydrogen-bond acceptors (Lipinski definition) is 4. The van der Waals surface area contributed by atoms with Crippen LogP contribution in [0.4, 0.5) is 0 Å². The van der Waals surface area contributed by atoms with Gasteiger partial charge in [-0.25, -0.2) is 0 Å². The highest BCUT2D eigenvalue weighted by Crippen LogP contribution is 2.45. The average Bonchev–Trinajstić information content (AvgIpc) is 2.79. The second-order valence-electron chi connectivity index (χ2n) is 9.95. The highest BCUT2D eigenvalue weighted by molar-refractivity contribution is 6.07. The molecule has 3 rings (SSSR count). The van der Waals surface area contributed by atoms with Crippen LogP contribution in [0.2, 0.25) is 0 Å². The third-order valence-electron chi connectivity index (χ3n) is 6.04. The van der Waals surface area contributed by atoms with Gasteiger partial charge in [-0.15, -0.1) is 0 Å². The van der Waals surface area contributed by atoms with Crippen molar-refractivity contribution < 1.29 is 19.2 Å². The Kier molecular flexibility index (Phi) is 4.32. The van der Waals surface area contributed by atoms with E-state index in [0.717, 1.165) is 0 Å². The van der Waals surface area contributed by atoms with Crippen LogP contribution in [0.3, 0.4) is 0 Å². The third kappa shape index (κ3) is 2.78. The predicted octanol–water partition coefficient (Wildman–Crippen LogP) is 2.36. The summed E-state index contributed by atoms with van der Waals surface area (Å²) < 4.78 is 0. The summed E-state index contributed by atoms with van der Waals surface area (Å²) in [5, 5.41) is 0. The Morgan fingerprint density at radius 2 is 0.731 bits per heavy atom. The van der Waals surface area contributed by atoms with Crippen LogP contribution in [0.15, 0.2) is 0 Å². The number of carbonyl (C=O) groups is 4. The lowest BCUT2D eigenvalue weighted by atomic mass is 9.76. The summed E-state index contributed by atoms with van der Waals surface area (Å²) >= 11 is 0. The summed E-state index contributed by atoms with van der Waals surface area (Å²) in [5.41, 5.74) is -1.08. The molecule has 6 heteroatoms. The zero-order valence-electron chi connectivity index (χ0n) is 16.7. The lowest BCUT2D eigenvalue weighted by Gasteiger charge is -2.30. The van der Waals surface area contributed by atoms with E-state index < -0.39 is 11.1 Å². The second-order valence-corrected chi connectivity index (χ2v) is 9.95. The van der Waals surface area contributed by atoms with E-state index in [1.807, 2.05) is 41.5 Å². The monoisotopic (exact) mass is 362 g/mol. The number of amides is 4. The molecule has 3 fully saturated rings. The summed E-state index contributed by atoms with van der Waals surface area (Å²) in [4.78, 5) is 54.3. The lowest BCUT2D eigenvalue weighted by molar-refractivity contribution is -0.147. The van der Waals surface area contributed by atoms with Crippen molar-refractivity contribution in [1.82, 2.24) is 9.80 Å². The van der Waals surface area contributed by atoms with Gasteiger partial charge in [0, 0.05) is 11.1 Å². The first-order chi connectivity index (χ1) is 11.9. The van der Waals surface area contributed by atoms with E-state index in [4.69, 9.17) is 0 Å². The van der Waals surface area contributed by atoms with Gasteiger partial charge in [-0.05, 0) is 67.2 Å². The van der Waals surface area contributed by atoms with E-state index in [2.05, 4.69) is 0 Å². The molecule has 4 amide bonds. The van der Waals surface area contributed by atoms with Crippen molar-refractivity contribution in [3.63, 3.8) is 0 Å². The maximum Gasteiger partial charge on any atom is 0.233 e. The molecule has 2 aliphatic heterocycles. The summed E-state index contributed by atoms with van der Waals surface area (Å²) in [6.45, 7) is 11.2. The second kappa shape index (κ2) is 5.89. The van der Waals surface area contributed by atoms with Crippen molar-refractivity contribution in [2.75, 3.05) is 0 Å². The van der Waals surface area contributed by atoms with Gasteiger partial charge in [0.1, 0.15) is 0 Å². The van der Waals surface area contributed by atoms with Crippen LogP contribution in [-0.4, -0.2) is 44.5 Å². The van der Waals surface area contributed by atoms with E-state index in [0.29, 0.717) is 25.7 Å². The minimum atomic E-state index is -0.542. The normalized spacial score (nSPS) is 33.3. The van der Waals surface area contributed by atoms with Crippen molar-refractivity contribution in [3.8, 4) is 0 Å². The number of nitrogens with zero attached hydrogens (tertiary/aromatic N) is 2. The molecule has 0 radical (unpaired) electrons. The summed E-state index contributed by atoms with van der Waals surface area (Å²) in [6, 6.07) is 0.